The van der Waals surface area contributed by atoms with Crippen LogP contribution >= 0.6 is 0 Å². The third kappa shape index (κ3) is 2.45. The van der Waals surface area contributed by atoms with Crippen LogP contribution in [-0.4, -0.2) is 20.7 Å². The molecular formula is C16H20N6. The Labute approximate surface area is 129 Å². The fraction of sp³-hybridized carbons (Fsp3) is 0.438. The topological polar surface area (TPSA) is 81.1 Å². The Bertz CT molecular complexity index is 730. The first-order chi connectivity index (χ1) is 10.8. The van der Waals surface area contributed by atoms with Crippen molar-refractivity contribution in [1.29, 1.82) is 0 Å². The van der Waals surface area contributed by atoms with E-state index in [4.69, 9.17) is 5.73 Å². The van der Waals surface area contributed by atoms with Gasteiger partial charge in [-0.05, 0) is 48.9 Å². The molecule has 6 heteroatoms. The molecule has 1 aliphatic heterocycles. The summed E-state index contributed by atoms with van der Waals surface area (Å²) in [6, 6.07) is 6.43. The summed E-state index contributed by atoms with van der Waals surface area (Å²) in [4.78, 5) is 4.39. The number of rotatable bonds is 3. The first-order valence-corrected chi connectivity index (χ1v) is 7.89. The summed E-state index contributed by atoms with van der Waals surface area (Å²) >= 11 is 0. The van der Waals surface area contributed by atoms with Crippen LogP contribution in [0.5, 0.6) is 0 Å². The van der Waals surface area contributed by atoms with Gasteiger partial charge in [0.15, 0.2) is 11.8 Å². The lowest BCUT2D eigenvalue weighted by molar-refractivity contribution is 0.688. The zero-order valence-corrected chi connectivity index (χ0v) is 12.5. The van der Waals surface area contributed by atoms with Crippen molar-refractivity contribution in [3.63, 3.8) is 0 Å². The molecule has 0 bridgehead atoms. The molecule has 1 aliphatic carbocycles. The number of fused-ring (bicyclic) bond motifs is 2. The Balaban J connectivity index is 1.44. The summed E-state index contributed by atoms with van der Waals surface area (Å²) in [7, 11) is 0. The minimum absolute atomic E-state index is 0.424. The monoisotopic (exact) mass is 296 g/mol. The van der Waals surface area contributed by atoms with Gasteiger partial charge in [-0.1, -0.05) is 6.07 Å². The molecule has 0 fully saturated rings. The molecule has 3 N–H and O–H groups in total. The van der Waals surface area contributed by atoms with E-state index in [-0.39, 0.29) is 0 Å². The van der Waals surface area contributed by atoms with Gasteiger partial charge in [0.2, 0.25) is 0 Å². The van der Waals surface area contributed by atoms with Crippen molar-refractivity contribution in [2.75, 3.05) is 5.32 Å². The number of aliphatic imine (C=N–C) groups is 1. The highest BCUT2D eigenvalue weighted by atomic mass is 15.3. The van der Waals surface area contributed by atoms with Gasteiger partial charge >= 0.3 is 0 Å². The standard InChI is InChI=1S/C16H20N6/c17-16(18-10-15-21-20-14-5-2-8-22(14)15)19-13-7-6-11-3-1-4-12(11)9-13/h6-7,9H,1-5,8,10H2,(H3,17,18,19). The molecule has 0 saturated carbocycles. The average Bonchev–Trinajstić information content (AvgIpc) is 3.21. The molecule has 0 saturated heterocycles. The molecule has 2 aromatic rings. The van der Waals surface area contributed by atoms with Crippen molar-refractivity contribution < 1.29 is 0 Å². The van der Waals surface area contributed by atoms with E-state index in [9.17, 15) is 0 Å². The van der Waals surface area contributed by atoms with Crippen LogP contribution in [0, 0.1) is 0 Å². The van der Waals surface area contributed by atoms with Crippen LogP contribution in [0.2, 0.25) is 0 Å². The van der Waals surface area contributed by atoms with E-state index < -0.39 is 0 Å². The smallest absolute Gasteiger partial charge is 0.193 e. The van der Waals surface area contributed by atoms with Crippen molar-refractivity contribution in [2.24, 2.45) is 10.7 Å². The third-order valence-corrected chi connectivity index (χ3v) is 4.45. The number of nitrogens with one attached hydrogen (secondary N) is 1. The van der Waals surface area contributed by atoms with Gasteiger partial charge in [-0.2, -0.15) is 0 Å². The fourth-order valence-electron chi connectivity index (χ4n) is 3.32. The SMILES string of the molecule is NC(=NCc1nnc2n1CCC2)Nc1ccc2c(c1)CCC2. The van der Waals surface area contributed by atoms with Crippen molar-refractivity contribution in [3.8, 4) is 0 Å². The summed E-state index contributed by atoms with van der Waals surface area (Å²) < 4.78 is 2.15. The molecule has 114 valence electrons. The Morgan fingerprint density at radius 3 is 3.05 bits per heavy atom. The van der Waals surface area contributed by atoms with Crippen LogP contribution in [0.15, 0.2) is 23.2 Å². The summed E-state index contributed by atoms with van der Waals surface area (Å²) in [5.74, 6) is 2.38. The quantitative estimate of drug-likeness (QED) is 0.666. The van der Waals surface area contributed by atoms with Crippen LogP contribution in [-0.2, 0) is 32.4 Å². The number of aromatic nitrogens is 3. The van der Waals surface area contributed by atoms with E-state index in [0.717, 1.165) is 43.1 Å². The highest BCUT2D eigenvalue weighted by Crippen LogP contribution is 2.24. The Hall–Kier alpha value is -2.37. The highest BCUT2D eigenvalue weighted by Gasteiger charge is 2.16. The molecule has 2 heterocycles. The first-order valence-electron chi connectivity index (χ1n) is 7.89. The molecule has 22 heavy (non-hydrogen) atoms. The van der Waals surface area contributed by atoms with E-state index >= 15 is 0 Å². The van der Waals surface area contributed by atoms with Crippen molar-refractivity contribution >= 4 is 11.6 Å². The van der Waals surface area contributed by atoms with Gasteiger partial charge in [-0.3, -0.25) is 0 Å². The zero-order valence-electron chi connectivity index (χ0n) is 12.5. The number of aryl methyl sites for hydroxylation is 3. The summed E-state index contributed by atoms with van der Waals surface area (Å²) in [5.41, 5.74) is 9.88. The minimum Gasteiger partial charge on any atom is -0.370 e. The average molecular weight is 296 g/mol. The maximum absolute atomic E-state index is 5.99. The van der Waals surface area contributed by atoms with Gasteiger partial charge in [-0.25, -0.2) is 4.99 Å². The van der Waals surface area contributed by atoms with E-state index in [1.165, 1.54) is 24.0 Å². The molecule has 0 unspecified atom stereocenters. The molecule has 0 atom stereocenters. The van der Waals surface area contributed by atoms with E-state index in [1.807, 2.05) is 0 Å². The lowest BCUT2D eigenvalue weighted by Crippen LogP contribution is -2.23. The van der Waals surface area contributed by atoms with Crippen LogP contribution in [0.4, 0.5) is 5.69 Å². The number of nitrogens with zero attached hydrogens (tertiary/aromatic N) is 4. The summed E-state index contributed by atoms with van der Waals surface area (Å²) in [6.45, 7) is 1.46. The van der Waals surface area contributed by atoms with Crippen LogP contribution in [0.1, 0.15) is 35.6 Å². The molecule has 2 aliphatic rings. The maximum atomic E-state index is 5.99. The molecular weight excluding hydrogens is 276 g/mol. The molecule has 6 nitrogen and oxygen atoms in total. The second kappa shape index (κ2) is 5.44. The normalized spacial score (nSPS) is 16.6. The maximum Gasteiger partial charge on any atom is 0.193 e. The molecule has 0 spiro atoms. The predicted molar refractivity (Wildman–Crippen MR) is 85.8 cm³/mol. The zero-order chi connectivity index (χ0) is 14.9. The van der Waals surface area contributed by atoms with Gasteiger partial charge in [0.05, 0.1) is 0 Å². The highest BCUT2D eigenvalue weighted by molar-refractivity contribution is 5.92. The molecule has 0 amide bonds. The first kappa shape index (κ1) is 13.3. The largest absolute Gasteiger partial charge is 0.370 e. The van der Waals surface area contributed by atoms with E-state index in [2.05, 4.69) is 43.3 Å². The van der Waals surface area contributed by atoms with Crippen molar-refractivity contribution in [1.82, 2.24) is 14.8 Å². The lowest BCUT2D eigenvalue weighted by atomic mass is 10.1. The number of anilines is 1. The second-order valence-corrected chi connectivity index (χ2v) is 5.95. The Morgan fingerprint density at radius 2 is 2.09 bits per heavy atom. The minimum atomic E-state index is 0.424. The third-order valence-electron chi connectivity index (χ3n) is 4.45. The molecule has 0 radical (unpaired) electrons. The molecule has 1 aromatic carbocycles. The van der Waals surface area contributed by atoms with Gasteiger partial charge in [0, 0.05) is 18.7 Å². The van der Waals surface area contributed by atoms with Gasteiger partial charge < -0.3 is 15.6 Å². The molecule has 1 aromatic heterocycles. The summed E-state index contributed by atoms with van der Waals surface area (Å²) in [5, 5.41) is 11.5. The van der Waals surface area contributed by atoms with Crippen LogP contribution in [0.25, 0.3) is 0 Å². The Morgan fingerprint density at radius 1 is 1.18 bits per heavy atom. The lowest BCUT2D eigenvalue weighted by Gasteiger charge is -2.08. The predicted octanol–water partition coefficient (Wildman–Crippen LogP) is 1.64. The van der Waals surface area contributed by atoms with Gasteiger partial charge in [0.25, 0.3) is 0 Å². The van der Waals surface area contributed by atoms with Crippen LogP contribution < -0.4 is 11.1 Å². The number of benzene rings is 1. The molecule has 4 rings (SSSR count). The van der Waals surface area contributed by atoms with Crippen molar-refractivity contribution in [3.05, 3.63) is 41.0 Å². The van der Waals surface area contributed by atoms with E-state index in [0.29, 0.717) is 12.5 Å². The van der Waals surface area contributed by atoms with Gasteiger partial charge in [-0.15, -0.1) is 10.2 Å². The second-order valence-electron chi connectivity index (χ2n) is 5.95. The number of hydrogen-bond donors (Lipinski definition) is 2. The van der Waals surface area contributed by atoms with E-state index in [1.54, 1.807) is 0 Å². The Kier molecular flexibility index (Phi) is 3.29. The van der Waals surface area contributed by atoms with Gasteiger partial charge in [0.1, 0.15) is 12.4 Å². The number of nitrogens with two attached hydrogens (primary N) is 1. The number of guanidine groups is 1. The van der Waals surface area contributed by atoms with Crippen molar-refractivity contribution in [2.45, 2.75) is 45.2 Å². The van der Waals surface area contributed by atoms with Crippen LogP contribution in [0.3, 0.4) is 0 Å². The summed E-state index contributed by atoms with van der Waals surface area (Å²) in [6.07, 6.45) is 5.76. The number of hydrogen-bond acceptors (Lipinski definition) is 3. The fourth-order valence-corrected chi connectivity index (χ4v) is 3.32.